The van der Waals surface area contributed by atoms with Crippen molar-refractivity contribution in [2.45, 2.75) is 6.92 Å². The Morgan fingerprint density at radius 3 is 2.75 bits per heavy atom. The van der Waals surface area contributed by atoms with Gasteiger partial charge in [-0.05, 0) is 12.1 Å². The number of ketones is 1. The van der Waals surface area contributed by atoms with Crippen LogP contribution in [-0.4, -0.2) is 21.0 Å². The van der Waals surface area contributed by atoms with Crippen LogP contribution >= 0.6 is 15.9 Å². The lowest BCUT2D eigenvalue weighted by atomic mass is 10.2. The minimum atomic E-state index is -0.122. The summed E-state index contributed by atoms with van der Waals surface area (Å²) in [6, 6.07) is 7.53. The molecule has 0 fully saturated rings. The maximum Gasteiger partial charge on any atom is 0.183 e. The molecule has 5 heteroatoms. The number of hydrogen-bond donors (Lipinski definition) is 0. The Morgan fingerprint density at radius 2 is 2.06 bits per heavy atom. The summed E-state index contributed by atoms with van der Waals surface area (Å²) in [5.74, 6) is 0.323. The number of aromatic nitrogens is 3. The van der Waals surface area contributed by atoms with Gasteiger partial charge >= 0.3 is 0 Å². The molecule has 80 valence electrons. The fraction of sp³-hybridized carbons (Fsp3) is 0.0909. The van der Waals surface area contributed by atoms with E-state index in [1.807, 2.05) is 24.3 Å². The number of carbonyl (C=O) groups is 1. The van der Waals surface area contributed by atoms with Crippen LogP contribution in [0, 0.1) is 0 Å². The van der Waals surface area contributed by atoms with E-state index in [4.69, 9.17) is 0 Å². The molecule has 0 N–H and O–H groups in total. The van der Waals surface area contributed by atoms with Crippen molar-refractivity contribution < 1.29 is 4.79 Å². The SMILES string of the molecule is CC(=O)c1cnnc(-c2ccccc2Br)n1. The molecule has 4 nitrogen and oxygen atoms in total. The predicted octanol–water partition coefficient (Wildman–Crippen LogP) is 2.50. The zero-order chi connectivity index (χ0) is 11.5. The van der Waals surface area contributed by atoms with Crippen LogP contribution in [0.4, 0.5) is 0 Å². The van der Waals surface area contributed by atoms with Crippen LogP contribution in [0.15, 0.2) is 34.9 Å². The van der Waals surface area contributed by atoms with E-state index in [-0.39, 0.29) is 5.78 Å². The molecule has 0 saturated heterocycles. The number of carbonyl (C=O) groups excluding carboxylic acids is 1. The van der Waals surface area contributed by atoms with Crippen molar-refractivity contribution in [3.8, 4) is 11.4 Å². The Balaban J connectivity index is 2.53. The van der Waals surface area contributed by atoms with Gasteiger partial charge in [-0.15, -0.1) is 5.10 Å². The number of rotatable bonds is 2. The Bertz CT molecular complexity index is 542. The Labute approximate surface area is 101 Å². The summed E-state index contributed by atoms with van der Waals surface area (Å²) in [6.07, 6.45) is 1.36. The van der Waals surface area contributed by atoms with Gasteiger partial charge in [-0.1, -0.05) is 28.1 Å². The van der Waals surface area contributed by atoms with Crippen molar-refractivity contribution in [2.75, 3.05) is 0 Å². The first-order valence-corrected chi connectivity index (χ1v) is 5.43. The van der Waals surface area contributed by atoms with Crippen LogP contribution in [-0.2, 0) is 0 Å². The smallest absolute Gasteiger partial charge is 0.183 e. The highest BCUT2D eigenvalue weighted by atomic mass is 79.9. The summed E-state index contributed by atoms with van der Waals surface area (Å²) in [6.45, 7) is 1.45. The first kappa shape index (κ1) is 10.9. The molecule has 0 aliphatic carbocycles. The zero-order valence-electron chi connectivity index (χ0n) is 8.51. The third-order valence-corrected chi connectivity index (χ3v) is 2.73. The van der Waals surface area contributed by atoms with Crippen LogP contribution < -0.4 is 0 Å². The van der Waals surface area contributed by atoms with Crippen LogP contribution in [0.5, 0.6) is 0 Å². The third-order valence-electron chi connectivity index (χ3n) is 2.03. The normalized spacial score (nSPS) is 10.1. The summed E-state index contributed by atoms with van der Waals surface area (Å²) >= 11 is 3.40. The van der Waals surface area contributed by atoms with Gasteiger partial charge in [0.2, 0.25) is 0 Å². The zero-order valence-corrected chi connectivity index (χ0v) is 10.1. The second-order valence-corrected chi connectivity index (χ2v) is 4.06. The van der Waals surface area contributed by atoms with E-state index >= 15 is 0 Å². The molecule has 0 unspecified atom stereocenters. The first-order chi connectivity index (χ1) is 7.68. The van der Waals surface area contributed by atoms with Gasteiger partial charge in [0.1, 0.15) is 5.69 Å². The first-order valence-electron chi connectivity index (χ1n) is 4.64. The molecule has 2 aromatic rings. The van der Waals surface area contributed by atoms with Crippen LogP contribution in [0.1, 0.15) is 17.4 Å². The number of nitrogens with zero attached hydrogens (tertiary/aromatic N) is 3. The minimum absolute atomic E-state index is 0.122. The molecule has 0 atom stereocenters. The molecule has 1 heterocycles. The summed E-state index contributed by atoms with van der Waals surface area (Å²) in [4.78, 5) is 15.3. The number of Topliss-reactive ketones (excluding diaryl/α,β-unsaturated/α-hetero) is 1. The second kappa shape index (κ2) is 4.49. The van der Waals surface area contributed by atoms with E-state index in [1.54, 1.807) is 0 Å². The lowest BCUT2D eigenvalue weighted by Crippen LogP contribution is -2.02. The Morgan fingerprint density at radius 1 is 1.31 bits per heavy atom. The summed E-state index contributed by atoms with van der Waals surface area (Å²) in [5.41, 5.74) is 1.14. The second-order valence-electron chi connectivity index (χ2n) is 3.20. The monoisotopic (exact) mass is 277 g/mol. The maximum absolute atomic E-state index is 11.2. The van der Waals surface area contributed by atoms with E-state index in [9.17, 15) is 4.79 Å². The molecule has 0 radical (unpaired) electrons. The quantitative estimate of drug-likeness (QED) is 0.792. The summed E-state index contributed by atoms with van der Waals surface area (Å²) in [7, 11) is 0. The van der Waals surface area contributed by atoms with Crippen LogP contribution in [0.2, 0.25) is 0 Å². The molecular formula is C11H8BrN3O. The fourth-order valence-corrected chi connectivity index (χ4v) is 1.69. The standard InChI is InChI=1S/C11H8BrN3O/c1-7(16)10-6-13-15-11(14-10)8-4-2-3-5-9(8)12/h2-6H,1H3. The highest BCUT2D eigenvalue weighted by Gasteiger charge is 2.08. The number of benzene rings is 1. The summed E-state index contributed by atoms with van der Waals surface area (Å²) < 4.78 is 0.873. The third kappa shape index (κ3) is 2.14. The van der Waals surface area contributed by atoms with E-state index in [0.717, 1.165) is 10.0 Å². The molecule has 0 aliphatic heterocycles. The topological polar surface area (TPSA) is 55.7 Å². The average Bonchev–Trinajstić information content (AvgIpc) is 2.30. The molecule has 0 bridgehead atoms. The molecule has 0 amide bonds. The van der Waals surface area contributed by atoms with Gasteiger partial charge in [0.15, 0.2) is 11.6 Å². The minimum Gasteiger partial charge on any atom is -0.293 e. The lowest BCUT2D eigenvalue weighted by molar-refractivity contribution is 0.101. The largest absolute Gasteiger partial charge is 0.293 e. The molecular weight excluding hydrogens is 270 g/mol. The number of halogens is 1. The fourth-order valence-electron chi connectivity index (χ4n) is 1.23. The summed E-state index contributed by atoms with van der Waals surface area (Å²) in [5, 5.41) is 7.68. The van der Waals surface area contributed by atoms with Gasteiger partial charge < -0.3 is 0 Å². The molecule has 1 aromatic heterocycles. The van der Waals surface area contributed by atoms with Gasteiger partial charge in [0.05, 0.1) is 6.20 Å². The molecule has 1 aromatic carbocycles. The Hall–Kier alpha value is -1.62. The number of hydrogen-bond acceptors (Lipinski definition) is 4. The van der Waals surface area contributed by atoms with Crippen molar-refractivity contribution in [1.82, 2.24) is 15.2 Å². The highest BCUT2D eigenvalue weighted by Crippen LogP contribution is 2.24. The van der Waals surface area contributed by atoms with Crippen molar-refractivity contribution in [3.63, 3.8) is 0 Å². The van der Waals surface area contributed by atoms with E-state index in [0.29, 0.717) is 11.5 Å². The molecule has 0 aliphatic rings. The van der Waals surface area contributed by atoms with E-state index in [1.165, 1.54) is 13.1 Å². The van der Waals surface area contributed by atoms with Gasteiger partial charge in [0, 0.05) is 17.0 Å². The van der Waals surface area contributed by atoms with Gasteiger partial charge in [-0.25, -0.2) is 4.98 Å². The van der Waals surface area contributed by atoms with Crippen molar-refractivity contribution >= 4 is 21.7 Å². The average molecular weight is 278 g/mol. The van der Waals surface area contributed by atoms with E-state index in [2.05, 4.69) is 31.1 Å². The van der Waals surface area contributed by atoms with Crippen LogP contribution in [0.25, 0.3) is 11.4 Å². The Kier molecular flexibility index (Phi) is 3.05. The van der Waals surface area contributed by atoms with Gasteiger partial charge in [-0.2, -0.15) is 5.10 Å². The van der Waals surface area contributed by atoms with E-state index < -0.39 is 0 Å². The molecule has 2 rings (SSSR count). The maximum atomic E-state index is 11.2. The molecule has 0 saturated carbocycles. The predicted molar refractivity (Wildman–Crippen MR) is 63.0 cm³/mol. The lowest BCUT2D eigenvalue weighted by Gasteiger charge is -2.02. The van der Waals surface area contributed by atoms with Crippen molar-refractivity contribution in [2.24, 2.45) is 0 Å². The highest BCUT2D eigenvalue weighted by molar-refractivity contribution is 9.10. The van der Waals surface area contributed by atoms with Crippen molar-refractivity contribution in [1.29, 1.82) is 0 Å². The van der Waals surface area contributed by atoms with Gasteiger partial charge in [-0.3, -0.25) is 4.79 Å². The van der Waals surface area contributed by atoms with Gasteiger partial charge in [0.25, 0.3) is 0 Å². The van der Waals surface area contributed by atoms with Crippen molar-refractivity contribution in [3.05, 3.63) is 40.6 Å². The molecule has 0 spiro atoms. The molecule has 16 heavy (non-hydrogen) atoms. The van der Waals surface area contributed by atoms with Crippen LogP contribution in [0.3, 0.4) is 0 Å².